The number of benzene rings is 1. The van der Waals surface area contributed by atoms with E-state index in [0.717, 1.165) is 5.56 Å². The van der Waals surface area contributed by atoms with E-state index in [1.807, 2.05) is 6.92 Å². The highest BCUT2D eigenvalue weighted by molar-refractivity contribution is 7.89. The van der Waals surface area contributed by atoms with Gasteiger partial charge in [-0.25, -0.2) is 18.2 Å². The van der Waals surface area contributed by atoms with Crippen LogP contribution in [0.15, 0.2) is 47.5 Å². The number of sulfonamides is 1. The predicted molar refractivity (Wildman–Crippen MR) is 117 cm³/mol. The Morgan fingerprint density at radius 2 is 1.91 bits per heavy atom. The highest BCUT2D eigenvalue weighted by Gasteiger charge is 2.34. The highest BCUT2D eigenvalue weighted by Crippen LogP contribution is 2.26. The minimum atomic E-state index is -3.88. The molecule has 0 unspecified atom stereocenters. The number of nitrogens with one attached hydrogen (secondary N) is 1. The van der Waals surface area contributed by atoms with E-state index in [1.54, 1.807) is 30.5 Å². The van der Waals surface area contributed by atoms with Crippen molar-refractivity contribution in [3.8, 4) is 5.88 Å². The normalized spacial score (nSPS) is 15.2. The number of amides is 1. The Hall–Kier alpha value is -2.98. The maximum atomic E-state index is 13.1. The molecule has 10 heteroatoms. The summed E-state index contributed by atoms with van der Waals surface area (Å²) in [6, 6.07) is 9.55. The summed E-state index contributed by atoms with van der Waals surface area (Å²) in [7, 11) is -2.67. The summed E-state index contributed by atoms with van der Waals surface area (Å²) in [5.41, 5.74) is 0.870. The number of carbonyl (C=O) groups excluding carboxylic acids is 2. The number of aromatic nitrogens is 1. The molecule has 1 fully saturated rings. The number of esters is 1. The van der Waals surface area contributed by atoms with Crippen molar-refractivity contribution in [1.82, 2.24) is 14.6 Å². The molecule has 1 saturated heterocycles. The Bertz CT molecular complexity index is 1060. The van der Waals surface area contributed by atoms with E-state index in [-0.39, 0.29) is 35.4 Å². The van der Waals surface area contributed by atoms with Gasteiger partial charge in [-0.3, -0.25) is 4.79 Å². The topological polar surface area (TPSA) is 115 Å². The van der Waals surface area contributed by atoms with Gasteiger partial charge in [0.15, 0.2) is 0 Å². The molecule has 0 atom stereocenters. The summed E-state index contributed by atoms with van der Waals surface area (Å²) in [6.45, 7) is 3.11. The molecule has 172 valence electrons. The van der Waals surface area contributed by atoms with Gasteiger partial charge in [-0.15, -0.1) is 0 Å². The minimum Gasteiger partial charge on any atom is -0.478 e. The van der Waals surface area contributed by atoms with Gasteiger partial charge in [0.25, 0.3) is 0 Å². The first-order valence-corrected chi connectivity index (χ1v) is 11.8. The fourth-order valence-electron chi connectivity index (χ4n) is 3.59. The number of hydrogen-bond acceptors (Lipinski definition) is 7. The molecule has 0 spiro atoms. The number of piperidine rings is 1. The fraction of sp³-hybridized carbons (Fsp3) is 0.409. The van der Waals surface area contributed by atoms with Crippen molar-refractivity contribution in [2.24, 2.45) is 5.92 Å². The molecule has 1 amide bonds. The first-order valence-electron chi connectivity index (χ1n) is 10.4. The lowest BCUT2D eigenvalue weighted by Gasteiger charge is -2.31. The third kappa shape index (κ3) is 5.43. The molecule has 0 saturated carbocycles. The lowest BCUT2D eigenvalue weighted by Crippen LogP contribution is -2.43. The van der Waals surface area contributed by atoms with E-state index in [4.69, 9.17) is 9.47 Å². The molecule has 0 aliphatic carbocycles. The summed E-state index contributed by atoms with van der Waals surface area (Å²) in [4.78, 5) is 28.6. The van der Waals surface area contributed by atoms with Crippen LogP contribution in [0.2, 0.25) is 0 Å². The molecular formula is C22H27N3O6S. The van der Waals surface area contributed by atoms with Crippen molar-refractivity contribution < 1.29 is 27.5 Å². The van der Waals surface area contributed by atoms with Gasteiger partial charge in [-0.2, -0.15) is 4.31 Å². The van der Waals surface area contributed by atoms with Crippen molar-refractivity contribution >= 4 is 21.9 Å². The Morgan fingerprint density at radius 1 is 1.19 bits per heavy atom. The zero-order chi connectivity index (χ0) is 23.1. The van der Waals surface area contributed by atoms with E-state index in [9.17, 15) is 18.0 Å². The van der Waals surface area contributed by atoms with Crippen molar-refractivity contribution in [3.63, 3.8) is 0 Å². The van der Waals surface area contributed by atoms with Crippen LogP contribution in [-0.4, -0.2) is 56.4 Å². The maximum Gasteiger partial charge on any atom is 0.339 e. The van der Waals surface area contributed by atoms with Gasteiger partial charge in [-0.1, -0.05) is 12.1 Å². The van der Waals surface area contributed by atoms with Crippen LogP contribution in [0, 0.1) is 5.92 Å². The summed E-state index contributed by atoms with van der Waals surface area (Å²) < 4.78 is 37.6. The fourth-order valence-corrected chi connectivity index (χ4v) is 5.24. The van der Waals surface area contributed by atoms with Crippen LogP contribution in [0.4, 0.5) is 0 Å². The molecular weight excluding hydrogens is 434 g/mol. The van der Waals surface area contributed by atoms with E-state index in [2.05, 4.69) is 10.3 Å². The summed E-state index contributed by atoms with van der Waals surface area (Å²) in [6.07, 6.45) is 2.42. The largest absolute Gasteiger partial charge is 0.478 e. The number of ether oxygens (including phenoxy) is 2. The number of methoxy groups -OCH3 is 1. The second-order valence-corrected chi connectivity index (χ2v) is 9.23. The van der Waals surface area contributed by atoms with Crippen LogP contribution in [0.5, 0.6) is 5.88 Å². The number of pyridine rings is 1. The third-order valence-electron chi connectivity index (χ3n) is 5.29. The Balaban J connectivity index is 1.59. The zero-order valence-electron chi connectivity index (χ0n) is 18.1. The Morgan fingerprint density at radius 3 is 2.59 bits per heavy atom. The third-order valence-corrected chi connectivity index (χ3v) is 7.25. The van der Waals surface area contributed by atoms with Crippen LogP contribution >= 0.6 is 0 Å². The summed E-state index contributed by atoms with van der Waals surface area (Å²) >= 11 is 0. The minimum absolute atomic E-state index is 0.00126. The van der Waals surface area contributed by atoms with Gasteiger partial charge >= 0.3 is 5.97 Å². The molecule has 1 aromatic heterocycles. The van der Waals surface area contributed by atoms with Crippen molar-refractivity contribution in [2.75, 3.05) is 26.8 Å². The van der Waals surface area contributed by atoms with Gasteiger partial charge in [-0.05, 0) is 43.5 Å². The number of rotatable bonds is 8. The van der Waals surface area contributed by atoms with Gasteiger partial charge in [0, 0.05) is 37.8 Å². The van der Waals surface area contributed by atoms with Gasteiger partial charge in [0.05, 0.1) is 24.2 Å². The van der Waals surface area contributed by atoms with Gasteiger partial charge in [0.1, 0.15) is 0 Å². The van der Waals surface area contributed by atoms with Gasteiger partial charge in [0.2, 0.25) is 21.8 Å². The molecule has 32 heavy (non-hydrogen) atoms. The van der Waals surface area contributed by atoms with Crippen LogP contribution in [-0.2, 0) is 26.1 Å². The lowest BCUT2D eigenvalue weighted by molar-refractivity contribution is -0.126. The molecule has 1 aliphatic heterocycles. The van der Waals surface area contributed by atoms with E-state index < -0.39 is 16.0 Å². The molecule has 2 heterocycles. The smallest absolute Gasteiger partial charge is 0.339 e. The molecule has 1 aliphatic rings. The zero-order valence-corrected chi connectivity index (χ0v) is 18.9. The average Bonchev–Trinajstić information content (AvgIpc) is 2.82. The van der Waals surface area contributed by atoms with E-state index in [0.29, 0.717) is 31.9 Å². The second-order valence-electron chi connectivity index (χ2n) is 7.32. The molecule has 3 rings (SSSR count). The summed E-state index contributed by atoms with van der Waals surface area (Å²) in [5.74, 6) is -0.607. The predicted octanol–water partition coefficient (Wildman–Crippen LogP) is 1.98. The Kier molecular flexibility index (Phi) is 7.81. The molecule has 1 N–H and O–H groups in total. The Labute approximate surface area is 187 Å². The van der Waals surface area contributed by atoms with E-state index in [1.165, 1.54) is 23.5 Å². The van der Waals surface area contributed by atoms with Crippen LogP contribution in [0.3, 0.4) is 0 Å². The molecule has 1 aromatic carbocycles. The van der Waals surface area contributed by atoms with E-state index >= 15 is 0 Å². The second kappa shape index (κ2) is 10.6. The monoisotopic (exact) mass is 461 g/mol. The van der Waals surface area contributed by atoms with Crippen molar-refractivity contribution in [2.45, 2.75) is 31.2 Å². The molecule has 9 nitrogen and oxygen atoms in total. The van der Waals surface area contributed by atoms with Crippen LogP contribution in [0.1, 0.15) is 35.7 Å². The first-order chi connectivity index (χ1) is 15.4. The SMILES string of the molecule is CCOc1cc(CNC(=O)C2CCN(S(=O)(=O)c3ccccc3C(=O)OC)CC2)ccn1. The van der Waals surface area contributed by atoms with Crippen molar-refractivity contribution in [1.29, 1.82) is 0 Å². The number of nitrogens with zero attached hydrogens (tertiary/aromatic N) is 2. The highest BCUT2D eigenvalue weighted by atomic mass is 32.2. The first kappa shape index (κ1) is 23.7. The quantitative estimate of drug-likeness (QED) is 0.598. The molecule has 2 aromatic rings. The van der Waals surface area contributed by atoms with Crippen molar-refractivity contribution in [3.05, 3.63) is 53.7 Å². The maximum absolute atomic E-state index is 13.1. The summed E-state index contributed by atoms with van der Waals surface area (Å²) in [5, 5.41) is 2.90. The van der Waals surface area contributed by atoms with Crippen LogP contribution < -0.4 is 10.1 Å². The number of hydrogen-bond donors (Lipinski definition) is 1. The molecule has 0 radical (unpaired) electrons. The lowest BCUT2D eigenvalue weighted by atomic mass is 9.97. The van der Waals surface area contributed by atoms with Crippen LogP contribution in [0.25, 0.3) is 0 Å². The van der Waals surface area contributed by atoms with Gasteiger partial charge < -0.3 is 14.8 Å². The number of carbonyl (C=O) groups is 2. The molecule has 0 bridgehead atoms. The average molecular weight is 462 g/mol. The standard InChI is InChI=1S/C22H27N3O6S/c1-3-31-20-14-16(8-11-23-20)15-24-21(26)17-9-12-25(13-10-17)32(28,29)19-7-5-4-6-18(19)22(27)30-2/h4-8,11,14,17H,3,9-10,12-13,15H2,1-2H3,(H,24,26).